The Balaban J connectivity index is 2.18. The largest absolute Gasteiger partial charge is 0.388 e. The molecule has 1 fully saturated rings. The van der Waals surface area contributed by atoms with Crippen LogP contribution in [0.2, 0.25) is 5.28 Å². The molecule has 2 rings (SSSR count). The molecule has 0 unspecified atom stereocenters. The number of aliphatic hydroxyl groups is 1. The summed E-state index contributed by atoms with van der Waals surface area (Å²) in [4.78, 5) is 18.2. The lowest BCUT2D eigenvalue weighted by atomic mass is 9.85. The van der Waals surface area contributed by atoms with E-state index >= 15 is 0 Å². The molecule has 1 saturated carbocycles. The van der Waals surface area contributed by atoms with Crippen molar-refractivity contribution in [3.8, 4) is 0 Å². The van der Waals surface area contributed by atoms with E-state index in [0.29, 0.717) is 12.8 Å². The number of hydrogen-bond donors (Lipinski definition) is 2. The van der Waals surface area contributed by atoms with Crippen molar-refractivity contribution in [1.29, 1.82) is 0 Å². The third kappa shape index (κ3) is 3.34. The maximum absolute atomic E-state index is 11.1. The van der Waals surface area contributed by atoms with Crippen LogP contribution in [-0.2, 0) is 0 Å². The summed E-state index contributed by atoms with van der Waals surface area (Å²) in [5.74, 6) is 0.0616. The molecule has 1 aromatic heterocycles. The highest BCUT2D eigenvalue weighted by Gasteiger charge is 2.30. The van der Waals surface area contributed by atoms with Gasteiger partial charge in [-0.3, -0.25) is 10.1 Å². The summed E-state index contributed by atoms with van der Waals surface area (Å²) in [7, 11) is 0. The van der Waals surface area contributed by atoms with Crippen LogP contribution in [0.5, 0.6) is 0 Å². The number of nitrogens with one attached hydrogen (secondary N) is 1. The average Bonchev–Trinajstić information content (AvgIpc) is 2.36. The molecule has 1 aliphatic rings. The van der Waals surface area contributed by atoms with Crippen molar-refractivity contribution in [2.45, 2.75) is 44.6 Å². The Hall–Kier alpha value is -1.47. The molecule has 7 nitrogen and oxygen atoms in total. The molecule has 2 N–H and O–H groups in total. The summed E-state index contributed by atoms with van der Waals surface area (Å²) in [6.45, 7) is 1.73. The SMILES string of the molecule is Cc1nc(Cl)nc(NCC2(O)CCCCC2)c1[N+](=O)[O-]. The molecule has 0 bridgehead atoms. The summed E-state index contributed by atoms with van der Waals surface area (Å²) in [5.41, 5.74) is -0.834. The second kappa shape index (κ2) is 5.88. The zero-order chi connectivity index (χ0) is 14.8. The van der Waals surface area contributed by atoms with E-state index in [2.05, 4.69) is 15.3 Å². The van der Waals surface area contributed by atoms with Crippen molar-refractivity contribution in [1.82, 2.24) is 9.97 Å². The molecule has 0 saturated heterocycles. The van der Waals surface area contributed by atoms with Gasteiger partial charge >= 0.3 is 5.69 Å². The summed E-state index contributed by atoms with van der Waals surface area (Å²) in [6.07, 6.45) is 4.41. The number of rotatable bonds is 4. The van der Waals surface area contributed by atoms with Crippen LogP contribution in [0.1, 0.15) is 37.8 Å². The molecule has 110 valence electrons. The number of halogens is 1. The molecule has 1 aromatic rings. The third-order valence-electron chi connectivity index (χ3n) is 3.58. The molecular weight excluding hydrogens is 284 g/mol. The zero-order valence-corrected chi connectivity index (χ0v) is 12.0. The van der Waals surface area contributed by atoms with Crippen LogP contribution in [0.15, 0.2) is 0 Å². The Morgan fingerprint density at radius 3 is 2.65 bits per heavy atom. The minimum absolute atomic E-state index is 0.0498. The van der Waals surface area contributed by atoms with Crippen LogP contribution >= 0.6 is 11.6 Å². The highest BCUT2D eigenvalue weighted by atomic mass is 35.5. The normalized spacial score (nSPS) is 17.8. The lowest BCUT2D eigenvalue weighted by molar-refractivity contribution is -0.385. The number of hydrogen-bond acceptors (Lipinski definition) is 6. The van der Waals surface area contributed by atoms with Crippen molar-refractivity contribution in [3.63, 3.8) is 0 Å². The van der Waals surface area contributed by atoms with Gasteiger partial charge in [0.2, 0.25) is 11.1 Å². The van der Waals surface area contributed by atoms with E-state index in [0.717, 1.165) is 19.3 Å². The standard InChI is InChI=1S/C12H17ClN4O3/c1-8-9(17(19)20)10(16-11(13)15-8)14-7-12(18)5-3-2-4-6-12/h18H,2-7H2,1H3,(H,14,15,16). The predicted octanol–water partition coefficient (Wildman–Crippen LogP) is 2.45. The first-order valence-electron chi connectivity index (χ1n) is 6.56. The second-order valence-electron chi connectivity index (χ2n) is 5.17. The summed E-state index contributed by atoms with van der Waals surface area (Å²) >= 11 is 5.74. The number of anilines is 1. The minimum Gasteiger partial charge on any atom is -0.388 e. The van der Waals surface area contributed by atoms with E-state index in [-0.39, 0.29) is 29.0 Å². The lowest BCUT2D eigenvalue weighted by Crippen LogP contribution is -2.39. The van der Waals surface area contributed by atoms with Gasteiger partial charge in [-0.25, -0.2) is 4.98 Å². The molecule has 1 aliphatic carbocycles. The molecular formula is C12H17ClN4O3. The maximum atomic E-state index is 11.1. The van der Waals surface area contributed by atoms with E-state index in [1.807, 2.05) is 0 Å². The van der Waals surface area contributed by atoms with Gasteiger partial charge in [0.15, 0.2) is 0 Å². The summed E-state index contributed by atoms with van der Waals surface area (Å²) in [5, 5.41) is 24.3. The quantitative estimate of drug-likeness (QED) is 0.503. The Morgan fingerprint density at radius 1 is 1.40 bits per heavy atom. The minimum atomic E-state index is -0.836. The van der Waals surface area contributed by atoms with Crippen molar-refractivity contribution in [3.05, 3.63) is 21.1 Å². The molecule has 0 spiro atoms. The maximum Gasteiger partial charge on any atom is 0.332 e. The molecule has 0 aromatic carbocycles. The third-order valence-corrected chi connectivity index (χ3v) is 3.75. The lowest BCUT2D eigenvalue weighted by Gasteiger charge is -2.32. The van der Waals surface area contributed by atoms with Gasteiger partial charge in [0.05, 0.1) is 10.5 Å². The van der Waals surface area contributed by atoms with Crippen LogP contribution in [-0.4, -0.2) is 32.1 Å². The van der Waals surface area contributed by atoms with Crippen LogP contribution in [0.4, 0.5) is 11.5 Å². The molecule has 0 radical (unpaired) electrons. The van der Waals surface area contributed by atoms with Crippen molar-refractivity contribution < 1.29 is 10.0 Å². The van der Waals surface area contributed by atoms with Crippen LogP contribution in [0.3, 0.4) is 0 Å². The fourth-order valence-electron chi connectivity index (χ4n) is 2.51. The Kier molecular flexibility index (Phi) is 4.39. The fourth-order valence-corrected chi connectivity index (χ4v) is 2.72. The second-order valence-corrected chi connectivity index (χ2v) is 5.51. The smallest absolute Gasteiger partial charge is 0.332 e. The first-order chi connectivity index (χ1) is 9.41. The van der Waals surface area contributed by atoms with Crippen LogP contribution in [0.25, 0.3) is 0 Å². The molecule has 1 heterocycles. The predicted molar refractivity (Wildman–Crippen MR) is 75.0 cm³/mol. The highest BCUT2D eigenvalue weighted by molar-refractivity contribution is 6.28. The van der Waals surface area contributed by atoms with E-state index in [1.54, 1.807) is 0 Å². The van der Waals surface area contributed by atoms with Crippen molar-refractivity contribution in [2.75, 3.05) is 11.9 Å². The van der Waals surface area contributed by atoms with Crippen molar-refractivity contribution >= 4 is 23.1 Å². The number of aryl methyl sites for hydroxylation is 1. The highest BCUT2D eigenvalue weighted by Crippen LogP contribution is 2.31. The van der Waals surface area contributed by atoms with Gasteiger partial charge in [0.25, 0.3) is 0 Å². The van der Waals surface area contributed by atoms with E-state index < -0.39 is 10.5 Å². The molecule has 8 heteroatoms. The van der Waals surface area contributed by atoms with E-state index in [9.17, 15) is 15.2 Å². The number of nitrogens with zero attached hydrogens (tertiary/aromatic N) is 3. The fraction of sp³-hybridized carbons (Fsp3) is 0.667. The van der Waals surface area contributed by atoms with Crippen LogP contribution in [0, 0.1) is 17.0 Å². The Morgan fingerprint density at radius 2 is 2.05 bits per heavy atom. The molecule has 0 atom stereocenters. The topological polar surface area (TPSA) is 101 Å². The van der Waals surface area contributed by atoms with E-state index in [1.165, 1.54) is 6.92 Å². The summed E-state index contributed by atoms with van der Waals surface area (Å²) in [6, 6.07) is 0. The van der Waals surface area contributed by atoms with Gasteiger partial charge in [-0.1, -0.05) is 19.3 Å². The van der Waals surface area contributed by atoms with Crippen LogP contribution < -0.4 is 5.32 Å². The van der Waals surface area contributed by atoms with E-state index in [4.69, 9.17) is 11.6 Å². The van der Waals surface area contributed by atoms with Gasteiger partial charge in [-0.15, -0.1) is 0 Å². The number of nitro groups is 1. The van der Waals surface area contributed by atoms with Gasteiger partial charge in [0.1, 0.15) is 5.69 Å². The average molecular weight is 301 g/mol. The van der Waals surface area contributed by atoms with Crippen molar-refractivity contribution in [2.24, 2.45) is 0 Å². The molecule has 0 amide bonds. The first-order valence-corrected chi connectivity index (χ1v) is 6.94. The zero-order valence-electron chi connectivity index (χ0n) is 11.2. The Labute approximate surface area is 121 Å². The monoisotopic (exact) mass is 300 g/mol. The Bertz CT molecular complexity index is 518. The molecule has 20 heavy (non-hydrogen) atoms. The molecule has 0 aliphatic heterocycles. The van der Waals surface area contributed by atoms with Gasteiger partial charge in [0, 0.05) is 6.54 Å². The number of aromatic nitrogens is 2. The van der Waals surface area contributed by atoms with Gasteiger partial charge in [-0.05, 0) is 31.4 Å². The van der Waals surface area contributed by atoms with Gasteiger partial charge < -0.3 is 10.4 Å². The summed E-state index contributed by atoms with van der Waals surface area (Å²) < 4.78 is 0. The first kappa shape index (κ1) is 14.9. The van der Waals surface area contributed by atoms with Gasteiger partial charge in [-0.2, -0.15) is 4.98 Å².